The molecule has 0 radical (unpaired) electrons. The van der Waals surface area contributed by atoms with Gasteiger partial charge in [-0.1, -0.05) is 13.8 Å². The highest BCUT2D eigenvalue weighted by Crippen LogP contribution is 2.26. The number of pyridine rings is 1. The number of aromatic amines is 1. The molecule has 1 N–H and O–H groups in total. The topological polar surface area (TPSA) is 95.1 Å². The molecule has 28 heavy (non-hydrogen) atoms. The standard InChI is InChI=1S/C20H28N6O2/c1-4-15(5-2)19(27)25-11-6-12-26(20(28)16-7-9-21-10-8-16)17(13-25)18-22-14(3)23-24-18/h7-10,15,17H,4-6,11-13H2,1-3H3,(H,22,23,24). The second kappa shape index (κ2) is 8.95. The molecular formula is C20H28N6O2. The molecule has 2 aromatic heterocycles. The van der Waals surface area contributed by atoms with Crippen LogP contribution in [0.15, 0.2) is 24.5 Å². The van der Waals surface area contributed by atoms with Gasteiger partial charge in [0.15, 0.2) is 5.82 Å². The Morgan fingerprint density at radius 3 is 2.54 bits per heavy atom. The quantitative estimate of drug-likeness (QED) is 0.854. The molecule has 150 valence electrons. The Labute approximate surface area is 165 Å². The number of hydrogen-bond donors (Lipinski definition) is 1. The minimum absolute atomic E-state index is 0.0111. The Bertz CT molecular complexity index is 802. The van der Waals surface area contributed by atoms with Crippen molar-refractivity contribution in [3.05, 3.63) is 41.7 Å². The van der Waals surface area contributed by atoms with Crippen molar-refractivity contribution in [3.63, 3.8) is 0 Å². The average molecular weight is 384 g/mol. The van der Waals surface area contributed by atoms with Crippen LogP contribution in [0.2, 0.25) is 0 Å². The van der Waals surface area contributed by atoms with Crippen LogP contribution in [0, 0.1) is 12.8 Å². The maximum absolute atomic E-state index is 13.2. The first kappa shape index (κ1) is 20.0. The molecule has 2 aromatic rings. The van der Waals surface area contributed by atoms with E-state index in [1.165, 1.54) is 0 Å². The zero-order valence-electron chi connectivity index (χ0n) is 16.8. The lowest BCUT2D eigenvalue weighted by molar-refractivity contribution is -0.136. The molecule has 0 aromatic carbocycles. The van der Waals surface area contributed by atoms with Crippen molar-refractivity contribution >= 4 is 11.8 Å². The first-order valence-corrected chi connectivity index (χ1v) is 9.93. The zero-order chi connectivity index (χ0) is 20.1. The Morgan fingerprint density at radius 2 is 1.93 bits per heavy atom. The van der Waals surface area contributed by atoms with E-state index >= 15 is 0 Å². The molecule has 3 rings (SSSR count). The van der Waals surface area contributed by atoms with Crippen LogP contribution in [0.3, 0.4) is 0 Å². The molecule has 1 aliphatic heterocycles. The number of nitrogens with one attached hydrogen (secondary N) is 1. The lowest BCUT2D eigenvalue weighted by Crippen LogP contribution is -2.42. The van der Waals surface area contributed by atoms with Gasteiger partial charge in [-0.15, -0.1) is 0 Å². The number of aryl methyl sites for hydroxylation is 1. The van der Waals surface area contributed by atoms with E-state index in [-0.39, 0.29) is 23.8 Å². The predicted molar refractivity (Wildman–Crippen MR) is 104 cm³/mol. The summed E-state index contributed by atoms with van der Waals surface area (Å²) in [6, 6.07) is 3.03. The molecule has 8 nitrogen and oxygen atoms in total. The lowest BCUT2D eigenvalue weighted by atomic mass is 10.0. The number of nitrogens with zero attached hydrogens (tertiary/aromatic N) is 5. The van der Waals surface area contributed by atoms with Crippen LogP contribution in [0.5, 0.6) is 0 Å². The van der Waals surface area contributed by atoms with Gasteiger partial charge < -0.3 is 9.80 Å². The predicted octanol–water partition coefficient (Wildman–Crippen LogP) is 2.36. The molecule has 1 saturated heterocycles. The number of rotatable bonds is 5. The second-order valence-electron chi connectivity index (χ2n) is 7.18. The molecule has 1 fully saturated rings. The van der Waals surface area contributed by atoms with Crippen LogP contribution in [0.1, 0.15) is 61.2 Å². The Morgan fingerprint density at radius 1 is 1.21 bits per heavy atom. The van der Waals surface area contributed by atoms with Crippen molar-refractivity contribution in [1.82, 2.24) is 30.0 Å². The number of aromatic nitrogens is 4. The lowest BCUT2D eigenvalue weighted by Gasteiger charge is -2.31. The molecule has 1 atom stereocenters. The highest BCUT2D eigenvalue weighted by atomic mass is 16.2. The minimum Gasteiger partial charge on any atom is -0.340 e. The van der Waals surface area contributed by atoms with Crippen LogP contribution in [0.4, 0.5) is 0 Å². The second-order valence-corrected chi connectivity index (χ2v) is 7.18. The molecule has 8 heteroatoms. The van der Waals surface area contributed by atoms with Crippen molar-refractivity contribution in [2.45, 2.75) is 46.1 Å². The third-order valence-electron chi connectivity index (χ3n) is 5.34. The summed E-state index contributed by atoms with van der Waals surface area (Å²) < 4.78 is 0. The fourth-order valence-corrected chi connectivity index (χ4v) is 3.72. The highest BCUT2D eigenvalue weighted by Gasteiger charge is 2.35. The fourth-order valence-electron chi connectivity index (χ4n) is 3.72. The molecule has 0 aliphatic carbocycles. The van der Waals surface area contributed by atoms with Gasteiger partial charge in [0.05, 0.1) is 0 Å². The van der Waals surface area contributed by atoms with E-state index in [1.54, 1.807) is 29.4 Å². The minimum atomic E-state index is -0.383. The summed E-state index contributed by atoms with van der Waals surface area (Å²) in [6.07, 6.45) is 5.58. The highest BCUT2D eigenvalue weighted by molar-refractivity contribution is 5.94. The third-order valence-corrected chi connectivity index (χ3v) is 5.34. The van der Waals surface area contributed by atoms with E-state index in [4.69, 9.17) is 0 Å². The summed E-state index contributed by atoms with van der Waals surface area (Å²) >= 11 is 0. The molecular weight excluding hydrogens is 356 g/mol. The normalized spacial score (nSPS) is 17.6. The van der Waals surface area contributed by atoms with Crippen LogP contribution in [0.25, 0.3) is 0 Å². The van der Waals surface area contributed by atoms with Crippen LogP contribution in [-0.4, -0.2) is 61.4 Å². The average Bonchev–Trinajstić information content (AvgIpc) is 3.03. The first-order chi connectivity index (χ1) is 13.5. The van der Waals surface area contributed by atoms with Crippen molar-refractivity contribution in [3.8, 4) is 0 Å². The maximum Gasteiger partial charge on any atom is 0.254 e. The summed E-state index contributed by atoms with van der Waals surface area (Å²) in [5.41, 5.74) is 0.576. The molecule has 3 heterocycles. The van der Waals surface area contributed by atoms with Crippen molar-refractivity contribution < 1.29 is 9.59 Å². The number of H-pyrrole nitrogens is 1. The Hall–Kier alpha value is -2.77. The Balaban J connectivity index is 1.91. The number of carbonyl (C=O) groups excluding carboxylic acids is 2. The molecule has 0 bridgehead atoms. The zero-order valence-corrected chi connectivity index (χ0v) is 16.8. The Kier molecular flexibility index (Phi) is 6.38. The summed E-state index contributed by atoms with van der Waals surface area (Å²) in [6.45, 7) is 7.50. The van der Waals surface area contributed by atoms with Crippen molar-refractivity contribution in [2.24, 2.45) is 5.92 Å². The van der Waals surface area contributed by atoms with Gasteiger partial charge in [0.25, 0.3) is 5.91 Å². The van der Waals surface area contributed by atoms with Gasteiger partial charge in [-0.2, -0.15) is 5.10 Å². The summed E-state index contributed by atoms with van der Waals surface area (Å²) in [5, 5.41) is 7.17. The fraction of sp³-hybridized carbons (Fsp3) is 0.550. The van der Waals surface area contributed by atoms with Gasteiger partial charge in [0.2, 0.25) is 5.91 Å². The number of carbonyl (C=O) groups is 2. The monoisotopic (exact) mass is 384 g/mol. The van der Waals surface area contributed by atoms with Crippen molar-refractivity contribution in [2.75, 3.05) is 19.6 Å². The molecule has 0 saturated carbocycles. The van der Waals surface area contributed by atoms with Gasteiger partial charge in [-0.25, -0.2) is 4.98 Å². The van der Waals surface area contributed by atoms with Crippen LogP contribution in [-0.2, 0) is 4.79 Å². The van der Waals surface area contributed by atoms with Crippen LogP contribution >= 0.6 is 0 Å². The van der Waals surface area contributed by atoms with E-state index in [1.807, 2.05) is 25.7 Å². The molecule has 2 amide bonds. The largest absolute Gasteiger partial charge is 0.340 e. The van der Waals surface area contributed by atoms with Gasteiger partial charge in [-0.05, 0) is 38.3 Å². The summed E-state index contributed by atoms with van der Waals surface area (Å²) in [7, 11) is 0. The number of amides is 2. The van der Waals surface area contributed by atoms with Gasteiger partial charge in [0.1, 0.15) is 11.9 Å². The maximum atomic E-state index is 13.2. The van der Waals surface area contributed by atoms with Gasteiger partial charge in [-0.3, -0.25) is 19.7 Å². The van der Waals surface area contributed by atoms with E-state index in [0.717, 1.165) is 19.3 Å². The van der Waals surface area contributed by atoms with Gasteiger partial charge >= 0.3 is 0 Å². The van der Waals surface area contributed by atoms with E-state index < -0.39 is 0 Å². The SMILES string of the molecule is CCC(CC)C(=O)N1CCCN(C(=O)c2ccncc2)C(c2n[nH]c(C)n2)C1. The molecule has 1 unspecified atom stereocenters. The molecule has 1 aliphatic rings. The van der Waals surface area contributed by atoms with E-state index in [9.17, 15) is 9.59 Å². The van der Waals surface area contributed by atoms with E-state index in [2.05, 4.69) is 20.2 Å². The van der Waals surface area contributed by atoms with Crippen molar-refractivity contribution in [1.29, 1.82) is 0 Å². The summed E-state index contributed by atoms with van der Waals surface area (Å²) in [5.74, 6) is 1.31. The molecule has 0 spiro atoms. The van der Waals surface area contributed by atoms with E-state index in [0.29, 0.717) is 36.8 Å². The first-order valence-electron chi connectivity index (χ1n) is 9.93. The third kappa shape index (κ3) is 4.21. The smallest absolute Gasteiger partial charge is 0.254 e. The number of hydrogen-bond acceptors (Lipinski definition) is 5. The van der Waals surface area contributed by atoms with Gasteiger partial charge in [0, 0.05) is 43.5 Å². The summed E-state index contributed by atoms with van der Waals surface area (Å²) in [4.78, 5) is 38.3. The van der Waals surface area contributed by atoms with Crippen LogP contribution < -0.4 is 0 Å².